The summed E-state index contributed by atoms with van der Waals surface area (Å²) in [5.74, 6) is 0.928. The van der Waals surface area contributed by atoms with Crippen molar-refractivity contribution < 1.29 is 4.74 Å². The highest BCUT2D eigenvalue weighted by molar-refractivity contribution is 7.13. The monoisotopic (exact) mass is 317 g/mol. The number of rotatable bonds is 3. The number of fused-ring (bicyclic) bond motifs is 5. The van der Waals surface area contributed by atoms with Gasteiger partial charge in [0.1, 0.15) is 12.4 Å². The number of thiophene rings is 1. The average Bonchev–Trinajstić information content (AvgIpc) is 3.25. The second-order valence-electron chi connectivity index (χ2n) is 5.89. The maximum absolute atomic E-state index is 5.98. The molecule has 0 spiro atoms. The molecule has 2 aromatic carbocycles. The quantitative estimate of drug-likeness (QED) is 0.440. The third-order valence-electron chi connectivity index (χ3n) is 4.43. The SMILES string of the molecule is c1ccc(COc2ccc3cc4n(c3c2)Cc2ccsc2-4)cc1. The zero-order valence-corrected chi connectivity index (χ0v) is 13.3. The van der Waals surface area contributed by atoms with Gasteiger partial charge in [0.2, 0.25) is 0 Å². The van der Waals surface area contributed by atoms with Gasteiger partial charge < -0.3 is 9.30 Å². The van der Waals surface area contributed by atoms with Crippen molar-refractivity contribution in [3.63, 3.8) is 0 Å². The molecular formula is C20H15NOS. The summed E-state index contributed by atoms with van der Waals surface area (Å²) >= 11 is 1.83. The molecule has 0 saturated heterocycles. The van der Waals surface area contributed by atoms with Gasteiger partial charge in [-0.2, -0.15) is 0 Å². The highest BCUT2D eigenvalue weighted by atomic mass is 32.1. The van der Waals surface area contributed by atoms with Crippen LogP contribution >= 0.6 is 11.3 Å². The van der Waals surface area contributed by atoms with Crippen molar-refractivity contribution in [2.45, 2.75) is 13.2 Å². The van der Waals surface area contributed by atoms with Crippen molar-refractivity contribution in [2.75, 3.05) is 0 Å². The molecule has 4 aromatic rings. The lowest BCUT2D eigenvalue weighted by Gasteiger charge is -2.08. The van der Waals surface area contributed by atoms with E-state index in [1.54, 1.807) is 0 Å². The van der Waals surface area contributed by atoms with Gasteiger partial charge in [0.25, 0.3) is 0 Å². The molecule has 0 fully saturated rings. The first-order chi connectivity index (χ1) is 11.4. The molecule has 0 aliphatic carbocycles. The summed E-state index contributed by atoms with van der Waals surface area (Å²) in [6, 6.07) is 21.2. The Balaban J connectivity index is 1.49. The van der Waals surface area contributed by atoms with Crippen LogP contribution in [-0.4, -0.2) is 4.57 Å². The highest BCUT2D eigenvalue weighted by Crippen LogP contribution is 2.41. The summed E-state index contributed by atoms with van der Waals surface area (Å²) in [6.45, 7) is 1.58. The zero-order chi connectivity index (χ0) is 15.2. The van der Waals surface area contributed by atoms with E-state index in [0.717, 1.165) is 12.3 Å². The number of ether oxygens (including phenoxy) is 1. The predicted molar refractivity (Wildman–Crippen MR) is 95.1 cm³/mol. The molecule has 0 amide bonds. The van der Waals surface area contributed by atoms with Crippen molar-refractivity contribution in [2.24, 2.45) is 0 Å². The Morgan fingerprint density at radius 2 is 1.91 bits per heavy atom. The van der Waals surface area contributed by atoms with E-state index in [9.17, 15) is 0 Å². The summed E-state index contributed by atoms with van der Waals surface area (Å²) in [5.41, 5.74) is 5.22. The van der Waals surface area contributed by atoms with Crippen molar-refractivity contribution >= 4 is 22.2 Å². The van der Waals surface area contributed by atoms with Crippen LogP contribution in [0.3, 0.4) is 0 Å². The fourth-order valence-electron chi connectivity index (χ4n) is 3.28. The minimum atomic E-state index is 0.604. The number of nitrogens with zero attached hydrogens (tertiary/aromatic N) is 1. The smallest absolute Gasteiger partial charge is 0.121 e. The zero-order valence-electron chi connectivity index (χ0n) is 12.5. The Morgan fingerprint density at radius 1 is 1.00 bits per heavy atom. The number of hydrogen-bond acceptors (Lipinski definition) is 2. The molecular weight excluding hydrogens is 302 g/mol. The third-order valence-corrected chi connectivity index (χ3v) is 5.41. The fourth-order valence-corrected chi connectivity index (χ4v) is 4.22. The van der Waals surface area contributed by atoms with Crippen molar-refractivity contribution in [1.29, 1.82) is 0 Å². The molecule has 3 heteroatoms. The van der Waals surface area contributed by atoms with Crippen molar-refractivity contribution in [3.8, 4) is 16.3 Å². The van der Waals surface area contributed by atoms with Crippen molar-refractivity contribution in [1.82, 2.24) is 4.57 Å². The second-order valence-corrected chi connectivity index (χ2v) is 6.80. The lowest BCUT2D eigenvalue weighted by atomic mass is 10.2. The van der Waals surface area contributed by atoms with E-state index < -0.39 is 0 Å². The summed E-state index contributed by atoms with van der Waals surface area (Å²) in [6.07, 6.45) is 0. The van der Waals surface area contributed by atoms with E-state index >= 15 is 0 Å². The molecule has 112 valence electrons. The lowest BCUT2D eigenvalue weighted by molar-refractivity contribution is 0.306. The van der Waals surface area contributed by atoms with E-state index in [1.165, 1.54) is 32.6 Å². The second kappa shape index (κ2) is 5.00. The Hall–Kier alpha value is -2.52. The van der Waals surface area contributed by atoms with Gasteiger partial charge in [0.05, 0.1) is 16.1 Å². The molecule has 0 radical (unpaired) electrons. The van der Waals surface area contributed by atoms with E-state index in [1.807, 2.05) is 29.5 Å². The van der Waals surface area contributed by atoms with E-state index in [4.69, 9.17) is 4.74 Å². The highest BCUT2D eigenvalue weighted by Gasteiger charge is 2.22. The molecule has 2 aromatic heterocycles. The number of hydrogen-bond donors (Lipinski definition) is 0. The molecule has 0 saturated carbocycles. The Labute approximate surface area is 138 Å². The molecule has 0 N–H and O–H groups in total. The largest absolute Gasteiger partial charge is 0.489 e. The minimum Gasteiger partial charge on any atom is -0.489 e. The van der Waals surface area contributed by atoms with Gasteiger partial charge in [0.15, 0.2) is 0 Å². The molecule has 5 rings (SSSR count). The van der Waals surface area contributed by atoms with Crippen LogP contribution < -0.4 is 4.74 Å². The Morgan fingerprint density at radius 3 is 2.83 bits per heavy atom. The molecule has 2 nitrogen and oxygen atoms in total. The van der Waals surface area contributed by atoms with Crippen LogP contribution in [0.25, 0.3) is 21.5 Å². The molecule has 0 bridgehead atoms. The summed E-state index contributed by atoms with van der Waals surface area (Å²) < 4.78 is 8.37. The lowest BCUT2D eigenvalue weighted by Crippen LogP contribution is -1.96. The van der Waals surface area contributed by atoms with Crippen molar-refractivity contribution in [3.05, 3.63) is 77.2 Å². The molecule has 23 heavy (non-hydrogen) atoms. The standard InChI is InChI=1S/C20H15NOS/c1-2-4-14(5-3-1)13-22-17-7-6-15-10-19-20-16(8-9-23-20)12-21(19)18(15)11-17/h1-11H,12-13H2. The first-order valence-corrected chi connectivity index (χ1v) is 8.63. The van der Waals surface area contributed by atoms with Gasteiger partial charge in [-0.15, -0.1) is 11.3 Å². The maximum Gasteiger partial charge on any atom is 0.121 e. The normalized spacial score (nSPS) is 12.3. The van der Waals surface area contributed by atoms with Gasteiger partial charge >= 0.3 is 0 Å². The van der Waals surface area contributed by atoms with Crippen LogP contribution in [0, 0.1) is 0 Å². The molecule has 1 aliphatic rings. The summed E-state index contributed by atoms with van der Waals surface area (Å²) in [5, 5.41) is 3.46. The Bertz CT molecular complexity index is 997. The van der Waals surface area contributed by atoms with Gasteiger partial charge in [-0.3, -0.25) is 0 Å². The molecule has 0 unspecified atom stereocenters. The van der Waals surface area contributed by atoms with E-state index in [-0.39, 0.29) is 0 Å². The topological polar surface area (TPSA) is 14.2 Å². The van der Waals surface area contributed by atoms with Gasteiger partial charge in [-0.1, -0.05) is 30.3 Å². The van der Waals surface area contributed by atoms with E-state index in [0.29, 0.717) is 6.61 Å². The minimum absolute atomic E-state index is 0.604. The Kier molecular flexibility index (Phi) is 2.82. The van der Waals surface area contributed by atoms with Crippen LogP contribution in [0.4, 0.5) is 0 Å². The fraction of sp³-hybridized carbons (Fsp3) is 0.100. The van der Waals surface area contributed by atoms with Crippen LogP contribution in [0.2, 0.25) is 0 Å². The predicted octanol–water partition coefficient (Wildman–Crippen LogP) is 5.31. The molecule has 1 aliphatic heterocycles. The van der Waals surface area contributed by atoms with Crippen LogP contribution in [-0.2, 0) is 13.2 Å². The molecule has 3 heterocycles. The molecule has 0 atom stereocenters. The summed E-state index contributed by atoms with van der Waals surface area (Å²) in [7, 11) is 0. The van der Waals surface area contributed by atoms with Crippen LogP contribution in [0.15, 0.2) is 66.0 Å². The van der Waals surface area contributed by atoms with Gasteiger partial charge in [0, 0.05) is 18.0 Å². The van der Waals surface area contributed by atoms with Crippen LogP contribution in [0.1, 0.15) is 11.1 Å². The average molecular weight is 317 g/mol. The first-order valence-electron chi connectivity index (χ1n) is 7.75. The number of aromatic nitrogens is 1. The van der Waals surface area contributed by atoms with Gasteiger partial charge in [-0.25, -0.2) is 0 Å². The van der Waals surface area contributed by atoms with Crippen LogP contribution in [0.5, 0.6) is 5.75 Å². The number of benzene rings is 2. The maximum atomic E-state index is 5.98. The summed E-state index contributed by atoms with van der Waals surface area (Å²) in [4.78, 5) is 1.41. The first kappa shape index (κ1) is 13.0. The van der Waals surface area contributed by atoms with E-state index in [2.05, 4.69) is 52.4 Å². The third kappa shape index (κ3) is 2.08. The van der Waals surface area contributed by atoms with Gasteiger partial charge in [-0.05, 0) is 40.8 Å².